The molecule has 3 rings (SSSR count). The van der Waals surface area contributed by atoms with Crippen LogP contribution in [0, 0.1) is 20.8 Å². The van der Waals surface area contributed by atoms with Gasteiger partial charge in [-0.2, -0.15) is 0 Å². The fraction of sp³-hybridized carbons (Fsp3) is 0.526. The number of carbonyl (C=O) groups excluding carboxylic acids is 1. The lowest BCUT2D eigenvalue weighted by Crippen LogP contribution is -2.43. The summed E-state index contributed by atoms with van der Waals surface area (Å²) in [5, 5.41) is 3.93. The summed E-state index contributed by atoms with van der Waals surface area (Å²) < 4.78 is 11.1. The first-order valence-corrected chi connectivity index (χ1v) is 8.82. The van der Waals surface area contributed by atoms with Gasteiger partial charge in [0.25, 0.3) is 0 Å². The third kappa shape index (κ3) is 3.88. The number of anilines is 1. The molecule has 7 nitrogen and oxygen atoms in total. The van der Waals surface area contributed by atoms with Gasteiger partial charge in [0.15, 0.2) is 0 Å². The highest BCUT2D eigenvalue weighted by molar-refractivity contribution is 5.79. The van der Waals surface area contributed by atoms with Crippen molar-refractivity contribution in [2.75, 3.05) is 38.7 Å². The molecule has 0 unspecified atom stereocenters. The van der Waals surface area contributed by atoms with Gasteiger partial charge in [-0.3, -0.25) is 9.78 Å². The molecule has 1 atom stereocenters. The molecule has 0 aliphatic carbocycles. The van der Waals surface area contributed by atoms with E-state index in [0.29, 0.717) is 31.9 Å². The summed E-state index contributed by atoms with van der Waals surface area (Å²) in [6.45, 7) is 7.27. The van der Waals surface area contributed by atoms with Crippen LogP contribution in [0.1, 0.15) is 34.5 Å². The second-order valence-electron chi connectivity index (χ2n) is 6.96. The lowest BCUT2D eigenvalue weighted by Gasteiger charge is -2.33. The molecule has 2 aromatic heterocycles. The number of aromatic nitrogens is 2. The Hall–Kier alpha value is -2.41. The third-order valence-corrected chi connectivity index (χ3v) is 4.73. The average molecular weight is 358 g/mol. The second-order valence-corrected chi connectivity index (χ2v) is 6.96. The van der Waals surface area contributed by atoms with E-state index in [9.17, 15) is 4.79 Å². The zero-order valence-corrected chi connectivity index (χ0v) is 16.1. The van der Waals surface area contributed by atoms with Crippen LogP contribution in [0.15, 0.2) is 16.7 Å². The highest BCUT2D eigenvalue weighted by Gasteiger charge is 2.28. The van der Waals surface area contributed by atoms with Crippen LogP contribution in [-0.4, -0.2) is 54.7 Å². The number of pyridine rings is 1. The monoisotopic (exact) mass is 358 g/mol. The van der Waals surface area contributed by atoms with Crippen LogP contribution in [0.25, 0.3) is 0 Å². The van der Waals surface area contributed by atoms with Crippen molar-refractivity contribution in [3.05, 3.63) is 40.5 Å². The summed E-state index contributed by atoms with van der Waals surface area (Å²) in [5.41, 5.74) is 4.53. The Labute approximate surface area is 153 Å². The number of carbonyl (C=O) groups is 1. The molecule has 0 N–H and O–H groups in total. The number of aryl methyl sites for hydroxylation is 3. The molecule has 1 aliphatic rings. The van der Waals surface area contributed by atoms with Gasteiger partial charge in [0.2, 0.25) is 5.91 Å². The van der Waals surface area contributed by atoms with Gasteiger partial charge in [0.05, 0.1) is 31.0 Å². The van der Waals surface area contributed by atoms with Crippen molar-refractivity contribution in [2.45, 2.75) is 33.3 Å². The van der Waals surface area contributed by atoms with Gasteiger partial charge in [-0.25, -0.2) is 0 Å². The first-order chi connectivity index (χ1) is 12.3. The van der Waals surface area contributed by atoms with E-state index in [2.05, 4.69) is 10.1 Å². The number of hydrogen-bond acceptors (Lipinski definition) is 6. The minimum absolute atomic E-state index is 0.0631. The van der Waals surface area contributed by atoms with Crippen molar-refractivity contribution >= 4 is 11.6 Å². The van der Waals surface area contributed by atoms with Crippen molar-refractivity contribution in [1.82, 2.24) is 15.0 Å². The maximum Gasteiger partial charge on any atom is 0.227 e. The molecule has 0 radical (unpaired) electrons. The number of nitrogens with zero attached hydrogens (tertiary/aromatic N) is 4. The fourth-order valence-corrected chi connectivity index (χ4v) is 3.17. The largest absolute Gasteiger partial charge is 0.378 e. The third-order valence-electron chi connectivity index (χ3n) is 4.73. The van der Waals surface area contributed by atoms with Crippen molar-refractivity contribution in [2.24, 2.45) is 0 Å². The van der Waals surface area contributed by atoms with E-state index in [-0.39, 0.29) is 12.0 Å². The quantitative estimate of drug-likeness (QED) is 0.834. The molecule has 2 aromatic rings. The smallest absolute Gasteiger partial charge is 0.227 e. The van der Waals surface area contributed by atoms with Gasteiger partial charge in [-0.1, -0.05) is 5.16 Å². The molecule has 140 valence electrons. The normalized spacial score (nSPS) is 17.4. The van der Waals surface area contributed by atoms with E-state index >= 15 is 0 Å². The molecule has 7 heteroatoms. The number of rotatable bonds is 4. The molecule has 1 fully saturated rings. The standard InChI is InChI=1S/C19H26N4O3/c1-12-8-15(22(4)5)9-17(20-12)18-11-23(6-7-25-18)19(24)10-16-13(2)21-26-14(16)3/h8-9,18H,6-7,10-11H2,1-5H3/t18-/m1/s1. The van der Waals surface area contributed by atoms with Crippen LogP contribution < -0.4 is 4.90 Å². The van der Waals surface area contributed by atoms with Gasteiger partial charge in [0.1, 0.15) is 11.9 Å². The molecule has 0 bridgehead atoms. The zero-order chi connectivity index (χ0) is 18.8. The minimum atomic E-state index is -0.212. The number of hydrogen-bond donors (Lipinski definition) is 0. The predicted molar refractivity (Wildman–Crippen MR) is 98.3 cm³/mol. The molecule has 3 heterocycles. The first kappa shape index (κ1) is 18.4. The first-order valence-electron chi connectivity index (χ1n) is 8.82. The number of amides is 1. The maximum absolute atomic E-state index is 12.8. The second kappa shape index (κ2) is 7.45. The molecule has 0 spiro atoms. The van der Waals surface area contributed by atoms with Gasteiger partial charge >= 0.3 is 0 Å². The molecular formula is C19H26N4O3. The Kier molecular flexibility index (Phi) is 5.27. The van der Waals surface area contributed by atoms with E-state index in [1.807, 2.05) is 56.8 Å². The van der Waals surface area contributed by atoms with Crippen LogP contribution in [0.3, 0.4) is 0 Å². The summed E-state index contributed by atoms with van der Waals surface area (Å²) in [6, 6.07) is 4.06. The topological polar surface area (TPSA) is 71.7 Å². The van der Waals surface area contributed by atoms with Gasteiger partial charge in [-0.05, 0) is 32.9 Å². The molecule has 0 saturated carbocycles. The van der Waals surface area contributed by atoms with Crippen LogP contribution in [-0.2, 0) is 16.0 Å². The lowest BCUT2D eigenvalue weighted by atomic mass is 10.1. The Morgan fingerprint density at radius 1 is 1.31 bits per heavy atom. The van der Waals surface area contributed by atoms with E-state index in [1.54, 1.807) is 0 Å². The van der Waals surface area contributed by atoms with E-state index in [4.69, 9.17) is 9.26 Å². The molecular weight excluding hydrogens is 332 g/mol. The predicted octanol–water partition coefficient (Wildman–Crippen LogP) is 2.20. The summed E-state index contributed by atoms with van der Waals surface area (Å²) in [5.74, 6) is 0.768. The van der Waals surface area contributed by atoms with Gasteiger partial charge in [0, 0.05) is 37.6 Å². The zero-order valence-electron chi connectivity index (χ0n) is 16.1. The summed E-state index contributed by atoms with van der Waals surface area (Å²) >= 11 is 0. The lowest BCUT2D eigenvalue weighted by molar-refractivity contribution is -0.138. The average Bonchev–Trinajstić information content (AvgIpc) is 2.93. The van der Waals surface area contributed by atoms with Gasteiger partial charge < -0.3 is 19.1 Å². The summed E-state index contributed by atoms with van der Waals surface area (Å²) in [7, 11) is 4.00. The Bertz CT molecular complexity index is 781. The number of morpholine rings is 1. The van der Waals surface area contributed by atoms with Crippen molar-refractivity contribution in [1.29, 1.82) is 0 Å². The molecule has 1 saturated heterocycles. The summed E-state index contributed by atoms with van der Waals surface area (Å²) in [4.78, 5) is 21.3. The fourth-order valence-electron chi connectivity index (χ4n) is 3.17. The van der Waals surface area contributed by atoms with E-state index in [0.717, 1.165) is 28.3 Å². The molecule has 1 amide bonds. The SMILES string of the molecule is Cc1cc(N(C)C)cc([C@H]2CN(C(=O)Cc3c(C)noc3C)CCO2)n1. The van der Waals surface area contributed by atoms with Crippen molar-refractivity contribution in [3.8, 4) is 0 Å². The Morgan fingerprint density at radius 3 is 2.73 bits per heavy atom. The maximum atomic E-state index is 12.8. The Morgan fingerprint density at radius 2 is 2.08 bits per heavy atom. The van der Waals surface area contributed by atoms with Gasteiger partial charge in [-0.15, -0.1) is 0 Å². The molecule has 0 aromatic carbocycles. The van der Waals surface area contributed by atoms with Crippen LogP contribution in [0.4, 0.5) is 5.69 Å². The minimum Gasteiger partial charge on any atom is -0.378 e. The Balaban J connectivity index is 1.74. The highest BCUT2D eigenvalue weighted by atomic mass is 16.5. The summed E-state index contributed by atoms with van der Waals surface area (Å²) in [6.07, 6.45) is 0.0916. The number of ether oxygens (including phenoxy) is 1. The van der Waals surface area contributed by atoms with Crippen molar-refractivity contribution in [3.63, 3.8) is 0 Å². The molecule has 1 aliphatic heterocycles. The van der Waals surface area contributed by atoms with Crippen LogP contribution in [0.5, 0.6) is 0 Å². The highest BCUT2D eigenvalue weighted by Crippen LogP contribution is 2.25. The van der Waals surface area contributed by atoms with E-state index < -0.39 is 0 Å². The van der Waals surface area contributed by atoms with Crippen LogP contribution >= 0.6 is 0 Å². The van der Waals surface area contributed by atoms with E-state index in [1.165, 1.54) is 0 Å². The van der Waals surface area contributed by atoms with Crippen molar-refractivity contribution < 1.29 is 14.1 Å². The molecule has 26 heavy (non-hydrogen) atoms. The van der Waals surface area contributed by atoms with Crippen LogP contribution in [0.2, 0.25) is 0 Å².